The molecule has 0 aliphatic carbocycles. The highest BCUT2D eigenvalue weighted by Crippen LogP contribution is 2.45. The van der Waals surface area contributed by atoms with Crippen LogP contribution in [0.4, 0.5) is 17.1 Å². The van der Waals surface area contributed by atoms with E-state index >= 15 is 0 Å². The number of hydrogen-bond donors (Lipinski definition) is 0. The average molecular weight is 502 g/mol. The number of benzene rings is 7. The van der Waals surface area contributed by atoms with E-state index in [0.29, 0.717) is 0 Å². The summed E-state index contributed by atoms with van der Waals surface area (Å²) in [6.07, 6.45) is 0. The van der Waals surface area contributed by atoms with E-state index in [0.717, 1.165) is 11.4 Å². The standard InChI is InChI=1S/C36H23NS/c1-2-12-26(13-3-1)37(34-22-25-11-5-6-14-28(25)30-16-8-9-17-31(30)34)27-19-21-35-33(23-27)32-20-18-24-10-4-7-15-29(24)36(32)38-35/h1-23H. The summed E-state index contributed by atoms with van der Waals surface area (Å²) in [6.45, 7) is 0. The Labute approximate surface area is 224 Å². The molecule has 0 atom stereocenters. The van der Waals surface area contributed by atoms with Crippen molar-refractivity contribution < 1.29 is 0 Å². The molecule has 1 nitrogen and oxygen atoms in total. The van der Waals surface area contributed by atoms with Gasteiger partial charge in [-0.2, -0.15) is 0 Å². The highest BCUT2D eigenvalue weighted by molar-refractivity contribution is 7.26. The lowest BCUT2D eigenvalue weighted by Crippen LogP contribution is -2.10. The van der Waals surface area contributed by atoms with Gasteiger partial charge < -0.3 is 4.90 Å². The summed E-state index contributed by atoms with van der Waals surface area (Å²) in [6, 6.07) is 50.7. The lowest BCUT2D eigenvalue weighted by molar-refractivity contribution is 1.31. The van der Waals surface area contributed by atoms with E-state index < -0.39 is 0 Å². The molecular weight excluding hydrogens is 478 g/mol. The molecule has 38 heavy (non-hydrogen) atoms. The topological polar surface area (TPSA) is 3.24 Å². The summed E-state index contributed by atoms with van der Waals surface area (Å²) in [5.41, 5.74) is 3.50. The van der Waals surface area contributed by atoms with Crippen molar-refractivity contribution in [3.8, 4) is 0 Å². The van der Waals surface area contributed by atoms with Crippen molar-refractivity contribution in [1.29, 1.82) is 0 Å². The molecule has 8 rings (SSSR count). The van der Waals surface area contributed by atoms with Crippen LogP contribution < -0.4 is 4.90 Å². The van der Waals surface area contributed by atoms with E-state index in [4.69, 9.17) is 0 Å². The van der Waals surface area contributed by atoms with Gasteiger partial charge in [0.05, 0.1) is 5.69 Å². The van der Waals surface area contributed by atoms with Crippen LogP contribution in [0.25, 0.3) is 52.5 Å². The third-order valence-electron chi connectivity index (χ3n) is 7.60. The van der Waals surface area contributed by atoms with Crippen LogP contribution >= 0.6 is 11.3 Å². The lowest BCUT2D eigenvalue weighted by atomic mass is 9.99. The SMILES string of the molecule is c1ccc(N(c2ccc3sc4c5ccccc5ccc4c3c2)c2cc3ccccc3c3ccccc23)cc1. The minimum atomic E-state index is 1.15. The van der Waals surface area contributed by atoms with Crippen molar-refractivity contribution >= 4 is 80.9 Å². The van der Waals surface area contributed by atoms with E-state index in [1.807, 2.05) is 11.3 Å². The molecule has 8 aromatic rings. The Morgan fingerprint density at radius 3 is 1.92 bits per heavy atom. The minimum absolute atomic E-state index is 1.15. The molecule has 0 spiro atoms. The van der Waals surface area contributed by atoms with Crippen LogP contribution in [0.1, 0.15) is 0 Å². The van der Waals surface area contributed by atoms with Gasteiger partial charge in [0.25, 0.3) is 0 Å². The molecule has 0 bridgehead atoms. The van der Waals surface area contributed by atoms with Gasteiger partial charge in [0, 0.05) is 36.9 Å². The van der Waals surface area contributed by atoms with Crippen LogP contribution in [-0.2, 0) is 0 Å². The fourth-order valence-electron chi connectivity index (χ4n) is 5.86. The predicted molar refractivity (Wildman–Crippen MR) is 167 cm³/mol. The maximum Gasteiger partial charge on any atom is 0.0546 e. The fourth-order valence-corrected chi connectivity index (χ4v) is 7.07. The molecule has 0 fully saturated rings. The largest absolute Gasteiger partial charge is 0.310 e. The normalized spacial score (nSPS) is 11.7. The number of para-hydroxylation sites is 1. The summed E-state index contributed by atoms with van der Waals surface area (Å²) in [5.74, 6) is 0. The maximum atomic E-state index is 2.42. The molecule has 0 saturated carbocycles. The summed E-state index contributed by atoms with van der Waals surface area (Å²) < 4.78 is 2.68. The van der Waals surface area contributed by atoms with Crippen molar-refractivity contribution in [2.45, 2.75) is 0 Å². The number of anilines is 3. The fraction of sp³-hybridized carbons (Fsp3) is 0. The number of thiophene rings is 1. The number of rotatable bonds is 3. The van der Waals surface area contributed by atoms with Crippen molar-refractivity contribution in [3.05, 3.63) is 140 Å². The van der Waals surface area contributed by atoms with Gasteiger partial charge in [0.2, 0.25) is 0 Å². The number of fused-ring (bicyclic) bond motifs is 8. The molecule has 178 valence electrons. The number of nitrogens with zero attached hydrogens (tertiary/aromatic N) is 1. The molecule has 0 aliphatic heterocycles. The van der Waals surface area contributed by atoms with Crippen LogP contribution in [-0.4, -0.2) is 0 Å². The first-order chi connectivity index (χ1) is 18.8. The molecule has 0 amide bonds. The molecule has 7 aromatic carbocycles. The average Bonchev–Trinajstić information content (AvgIpc) is 3.37. The van der Waals surface area contributed by atoms with E-state index in [1.54, 1.807) is 0 Å². The van der Waals surface area contributed by atoms with Crippen molar-refractivity contribution in [3.63, 3.8) is 0 Å². The van der Waals surface area contributed by atoms with Crippen LogP contribution in [0, 0.1) is 0 Å². The second kappa shape index (κ2) is 8.44. The second-order valence-electron chi connectivity index (χ2n) is 9.78. The smallest absolute Gasteiger partial charge is 0.0546 e. The lowest BCUT2D eigenvalue weighted by Gasteiger charge is -2.27. The van der Waals surface area contributed by atoms with Gasteiger partial charge in [0.1, 0.15) is 0 Å². The Bertz CT molecular complexity index is 2140. The molecule has 1 aromatic heterocycles. The van der Waals surface area contributed by atoms with Crippen LogP contribution in [0.2, 0.25) is 0 Å². The summed E-state index contributed by atoms with van der Waals surface area (Å²) in [4.78, 5) is 2.42. The van der Waals surface area contributed by atoms with E-state index in [-0.39, 0.29) is 0 Å². The van der Waals surface area contributed by atoms with E-state index in [2.05, 4.69) is 144 Å². The third kappa shape index (κ3) is 3.24. The van der Waals surface area contributed by atoms with Crippen LogP contribution in [0.5, 0.6) is 0 Å². The monoisotopic (exact) mass is 501 g/mol. The summed E-state index contributed by atoms with van der Waals surface area (Å²) in [5, 5.41) is 10.3. The Hall–Kier alpha value is -4.66. The van der Waals surface area contributed by atoms with E-state index in [9.17, 15) is 0 Å². The molecule has 0 saturated heterocycles. The number of hydrogen-bond acceptors (Lipinski definition) is 2. The first-order valence-electron chi connectivity index (χ1n) is 12.9. The highest BCUT2D eigenvalue weighted by atomic mass is 32.1. The molecule has 0 N–H and O–H groups in total. The molecular formula is C36H23NS. The molecule has 1 heterocycles. The Kier molecular flexibility index (Phi) is 4.76. The molecule has 0 radical (unpaired) electrons. The van der Waals surface area contributed by atoms with Gasteiger partial charge in [-0.05, 0) is 63.3 Å². The van der Waals surface area contributed by atoms with Gasteiger partial charge in [-0.15, -0.1) is 11.3 Å². The minimum Gasteiger partial charge on any atom is -0.310 e. The van der Waals surface area contributed by atoms with Gasteiger partial charge in [-0.3, -0.25) is 0 Å². The van der Waals surface area contributed by atoms with Crippen molar-refractivity contribution in [2.24, 2.45) is 0 Å². The predicted octanol–water partition coefficient (Wildman–Crippen LogP) is 11.0. The first kappa shape index (κ1) is 21.4. The molecule has 0 unspecified atom stereocenters. The Balaban J connectivity index is 1.44. The Morgan fingerprint density at radius 2 is 1.08 bits per heavy atom. The summed E-state index contributed by atoms with van der Waals surface area (Å²) in [7, 11) is 0. The Morgan fingerprint density at radius 1 is 0.395 bits per heavy atom. The van der Waals surface area contributed by atoms with Gasteiger partial charge in [0.15, 0.2) is 0 Å². The van der Waals surface area contributed by atoms with Crippen molar-refractivity contribution in [1.82, 2.24) is 0 Å². The molecule has 0 aliphatic rings. The summed E-state index contributed by atoms with van der Waals surface area (Å²) >= 11 is 1.89. The highest BCUT2D eigenvalue weighted by Gasteiger charge is 2.18. The zero-order valence-corrected chi connectivity index (χ0v) is 21.5. The second-order valence-corrected chi connectivity index (χ2v) is 10.8. The zero-order chi connectivity index (χ0) is 25.1. The maximum absolute atomic E-state index is 2.42. The van der Waals surface area contributed by atoms with Gasteiger partial charge in [-0.25, -0.2) is 0 Å². The molecule has 2 heteroatoms. The van der Waals surface area contributed by atoms with Gasteiger partial charge >= 0.3 is 0 Å². The first-order valence-corrected chi connectivity index (χ1v) is 13.8. The van der Waals surface area contributed by atoms with E-state index in [1.165, 1.54) is 58.2 Å². The van der Waals surface area contributed by atoms with Gasteiger partial charge in [-0.1, -0.05) is 103 Å². The van der Waals surface area contributed by atoms with Crippen LogP contribution in [0.3, 0.4) is 0 Å². The zero-order valence-electron chi connectivity index (χ0n) is 20.6. The van der Waals surface area contributed by atoms with Crippen molar-refractivity contribution in [2.75, 3.05) is 4.90 Å². The quantitative estimate of drug-likeness (QED) is 0.218. The van der Waals surface area contributed by atoms with Crippen LogP contribution in [0.15, 0.2) is 140 Å². The third-order valence-corrected chi connectivity index (χ3v) is 8.82.